The van der Waals surface area contributed by atoms with E-state index in [1.54, 1.807) is 33.0 Å². The highest BCUT2D eigenvalue weighted by atomic mass is 16.6. The summed E-state index contributed by atoms with van der Waals surface area (Å²) in [4.78, 5) is 28.7. The van der Waals surface area contributed by atoms with Crippen LogP contribution in [0.4, 0.5) is 4.79 Å². The van der Waals surface area contributed by atoms with Crippen LogP contribution in [0.3, 0.4) is 0 Å². The molecule has 0 aliphatic carbocycles. The van der Waals surface area contributed by atoms with Crippen molar-refractivity contribution in [1.82, 2.24) is 10.3 Å². The van der Waals surface area contributed by atoms with E-state index in [0.717, 1.165) is 12.0 Å². The van der Waals surface area contributed by atoms with Gasteiger partial charge in [-0.15, -0.1) is 0 Å². The molecule has 6 nitrogen and oxygen atoms in total. The maximum atomic E-state index is 12.4. The Morgan fingerprint density at radius 1 is 1.16 bits per heavy atom. The topological polar surface area (TPSA) is 77.5 Å². The van der Waals surface area contributed by atoms with Gasteiger partial charge in [0, 0.05) is 11.7 Å². The monoisotopic (exact) mass is 350 g/mol. The maximum Gasteiger partial charge on any atom is 0.413 e. The van der Waals surface area contributed by atoms with E-state index in [1.807, 2.05) is 20.8 Å². The van der Waals surface area contributed by atoms with E-state index >= 15 is 0 Å². The van der Waals surface area contributed by atoms with Crippen molar-refractivity contribution in [2.45, 2.75) is 73.0 Å². The van der Waals surface area contributed by atoms with Gasteiger partial charge in [-0.2, -0.15) is 0 Å². The van der Waals surface area contributed by atoms with E-state index in [1.165, 1.54) is 0 Å². The summed E-state index contributed by atoms with van der Waals surface area (Å²) < 4.78 is 10.7. The summed E-state index contributed by atoms with van der Waals surface area (Å²) >= 11 is 0. The van der Waals surface area contributed by atoms with Crippen LogP contribution >= 0.6 is 0 Å². The molecule has 0 saturated heterocycles. The first kappa shape index (κ1) is 20.9. The summed E-state index contributed by atoms with van der Waals surface area (Å²) in [5, 5.41) is 2.70. The van der Waals surface area contributed by atoms with E-state index < -0.39 is 23.2 Å². The normalized spacial score (nSPS) is 12.0. The molecule has 1 aromatic heterocycles. The van der Waals surface area contributed by atoms with Crippen molar-refractivity contribution < 1.29 is 19.1 Å². The Bertz CT molecular complexity index is 625. The molecule has 25 heavy (non-hydrogen) atoms. The number of amides is 1. The zero-order chi connectivity index (χ0) is 19.4. The first-order valence-electron chi connectivity index (χ1n) is 8.49. The largest absolute Gasteiger partial charge is 0.455 e. The van der Waals surface area contributed by atoms with Crippen molar-refractivity contribution in [1.29, 1.82) is 0 Å². The molecule has 140 valence electrons. The Morgan fingerprint density at radius 3 is 2.24 bits per heavy atom. The minimum Gasteiger partial charge on any atom is -0.455 e. The molecule has 0 bridgehead atoms. The quantitative estimate of drug-likeness (QED) is 0.826. The Kier molecular flexibility index (Phi) is 6.57. The second-order valence-electron chi connectivity index (χ2n) is 8.55. The molecule has 1 N–H and O–H groups in total. The van der Waals surface area contributed by atoms with Crippen LogP contribution in [0.15, 0.2) is 12.3 Å². The number of aromatic nitrogens is 1. The first-order chi connectivity index (χ1) is 11.3. The highest BCUT2D eigenvalue weighted by Crippen LogP contribution is 2.23. The van der Waals surface area contributed by atoms with Crippen LogP contribution in [0, 0.1) is 5.92 Å². The Morgan fingerprint density at radius 2 is 1.76 bits per heavy atom. The van der Waals surface area contributed by atoms with Crippen molar-refractivity contribution in [2.24, 2.45) is 5.92 Å². The average Bonchev–Trinajstić information content (AvgIpc) is 2.33. The molecule has 0 aliphatic rings. The number of rotatable bonds is 4. The minimum atomic E-state index is -0.666. The fourth-order valence-corrected chi connectivity index (χ4v) is 2.06. The molecule has 0 saturated carbocycles. The third-order valence-corrected chi connectivity index (χ3v) is 2.83. The lowest BCUT2D eigenvalue weighted by molar-refractivity contribution is 0.00603. The van der Waals surface area contributed by atoms with Gasteiger partial charge in [0.2, 0.25) is 0 Å². The van der Waals surface area contributed by atoms with Crippen LogP contribution in [0.1, 0.15) is 71.4 Å². The molecule has 0 radical (unpaired) electrons. The summed E-state index contributed by atoms with van der Waals surface area (Å²) in [6.45, 7) is 15.0. The van der Waals surface area contributed by atoms with Crippen LogP contribution < -0.4 is 10.1 Å². The van der Waals surface area contributed by atoms with Crippen LogP contribution in [-0.2, 0) is 11.2 Å². The lowest BCUT2D eigenvalue weighted by Gasteiger charge is -2.22. The van der Waals surface area contributed by atoms with Gasteiger partial charge < -0.3 is 14.8 Å². The van der Waals surface area contributed by atoms with Gasteiger partial charge >= 0.3 is 12.1 Å². The standard InChI is InChI=1S/C19H30N2O4/c1-12(2)9-13-10-14(24-17(23)21-18(3,4)5)15(20-11-13)16(22)25-19(6,7)8/h10-12H,9H2,1-8H3,(H,21,23). The SMILES string of the molecule is CC(C)Cc1cnc(C(=O)OC(C)(C)C)c(OC(=O)NC(C)(C)C)c1. The summed E-state index contributed by atoms with van der Waals surface area (Å²) in [6, 6.07) is 1.68. The van der Waals surface area contributed by atoms with Crippen molar-refractivity contribution in [2.75, 3.05) is 0 Å². The Labute approximate surface area is 150 Å². The first-order valence-corrected chi connectivity index (χ1v) is 8.49. The van der Waals surface area contributed by atoms with E-state index in [-0.39, 0.29) is 11.4 Å². The van der Waals surface area contributed by atoms with Crippen LogP contribution in [0.25, 0.3) is 0 Å². The number of carbonyl (C=O) groups excluding carboxylic acids is 2. The zero-order valence-electron chi connectivity index (χ0n) is 16.5. The van der Waals surface area contributed by atoms with Gasteiger partial charge in [-0.3, -0.25) is 0 Å². The number of hydrogen-bond donors (Lipinski definition) is 1. The summed E-state index contributed by atoms with van der Waals surface area (Å²) in [5.41, 5.74) is -0.237. The van der Waals surface area contributed by atoms with Gasteiger partial charge in [0.05, 0.1) is 0 Å². The van der Waals surface area contributed by atoms with Crippen LogP contribution in [0.5, 0.6) is 5.75 Å². The molecule has 0 aromatic carbocycles. The van der Waals surface area contributed by atoms with Crippen LogP contribution in [0.2, 0.25) is 0 Å². The smallest absolute Gasteiger partial charge is 0.413 e. The molecular formula is C19H30N2O4. The van der Waals surface area contributed by atoms with E-state index in [9.17, 15) is 9.59 Å². The number of nitrogens with zero attached hydrogens (tertiary/aromatic N) is 1. The van der Waals surface area contributed by atoms with Crippen LogP contribution in [-0.4, -0.2) is 28.2 Å². The summed E-state index contributed by atoms with van der Waals surface area (Å²) in [5.74, 6) is -0.110. The van der Waals surface area contributed by atoms with Crippen molar-refractivity contribution >= 4 is 12.1 Å². The fraction of sp³-hybridized carbons (Fsp3) is 0.632. The van der Waals surface area contributed by atoms with Crippen molar-refractivity contribution in [3.63, 3.8) is 0 Å². The fourth-order valence-electron chi connectivity index (χ4n) is 2.06. The third-order valence-electron chi connectivity index (χ3n) is 2.83. The molecule has 1 aromatic rings. The molecule has 0 fully saturated rings. The third kappa shape index (κ3) is 8.01. The molecule has 6 heteroatoms. The summed E-state index contributed by atoms with van der Waals surface area (Å²) in [6.07, 6.45) is 1.74. The lowest BCUT2D eigenvalue weighted by atomic mass is 10.0. The van der Waals surface area contributed by atoms with Gasteiger partial charge in [-0.25, -0.2) is 14.6 Å². The number of ether oxygens (including phenoxy) is 2. The highest BCUT2D eigenvalue weighted by Gasteiger charge is 2.25. The lowest BCUT2D eigenvalue weighted by Crippen LogP contribution is -2.42. The van der Waals surface area contributed by atoms with Gasteiger partial charge in [0.25, 0.3) is 0 Å². The predicted molar refractivity (Wildman–Crippen MR) is 96.9 cm³/mol. The van der Waals surface area contributed by atoms with E-state index in [4.69, 9.17) is 9.47 Å². The van der Waals surface area contributed by atoms with Gasteiger partial charge in [-0.1, -0.05) is 13.8 Å². The maximum absolute atomic E-state index is 12.4. The minimum absolute atomic E-state index is 0.00788. The second kappa shape index (κ2) is 7.85. The Hall–Kier alpha value is -2.11. The zero-order valence-corrected chi connectivity index (χ0v) is 16.5. The molecule has 0 atom stereocenters. The van der Waals surface area contributed by atoms with Gasteiger partial charge in [0.1, 0.15) is 5.60 Å². The molecule has 0 unspecified atom stereocenters. The predicted octanol–water partition coefficient (Wildman–Crippen LogP) is 4.12. The molecule has 1 amide bonds. The van der Waals surface area contributed by atoms with Gasteiger partial charge in [-0.05, 0) is 65.5 Å². The second-order valence-corrected chi connectivity index (χ2v) is 8.55. The molecular weight excluding hydrogens is 320 g/mol. The number of hydrogen-bond acceptors (Lipinski definition) is 5. The number of carbonyl (C=O) groups is 2. The number of pyridine rings is 1. The molecule has 1 rings (SSSR count). The molecule has 0 spiro atoms. The molecule has 0 aliphatic heterocycles. The molecule has 1 heterocycles. The van der Waals surface area contributed by atoms with E-state index in [0.29, 0.717) is 5.92 Å². The Balaban J connectivity index is 3.14. The average molecular weight is 350 g/mol. The number of nitrogens with one attached hydrogen (secondary N) is 1. The summed E-state index contributed by atoms with van der Waals surface area (Å²) in [7, 11) is 0. The van der Waals surface area contributed by atoms with Gasteiger partial charge in [0.15, 0.2) is 11.4 Å². The highest BCUT2D eigenvalue weighted by molar-refractivity contribution is 5.91. The number of esters is 1. The van der Waals surface area contributed by atoms with E-state index in [2.05, 4.69) is 24.1 Å². The van der Waals surface area contributed by atoms with Crippen molar-refractivity contribution in [3.05, 3.63) is 23.5 Å². The van der Waals surface area contributed by atoms with Crippen molar-refractivity contribution in [3.8, 4) is 5.75 Å².